The first-order valence-corrected chi connectivity index (χ1v) is 11.6. The Kier molecular flexibility index (Phi) is 12.9. The molecule has 0 radical (unpaired) electrons. The molecule has 2 rings (SSSR count). The fourth-order valence-electron chi connectivity index (χ4n) is 3.06. The molecular weight excluding hydrogens is 416 g/mol. The first-order valence-electron chi connectivity index (χ1n) is 11.6. The van der Waals surface area contributed by atoms with Crippen LogP contribution in [0.2, 0.25) is 0 Å². The molecule has 0 saturated carbocycles. The highest BCUT2D eigenvalue weighted by Gasteiger charge is 2.19. The predicted octanol–water partition coefficient (Wildman–Crippen LogP) is 5.07. The van der Waals surface area contributed by atoms with Gasteiger partial charge in [-0.15, -0.1) is 0 Å². The lowest BCUT2D eigenvalue weighted by atomic mass is 9.88. The van der Waals surface area contributed by atoms with Crippen LogP contribution in [0.1, 0.15) is 58.1 Å². The van der Waals surface area contributed by atoms with Gasteiger partial charge in [-0.25, -0.2) is 4.79 Å². The Morgan fingerprint density at radius 2 is 1.82 bits per heavy atom. The fourth-order valence-corrected chi connectivity index (χ4v) is 3.06. The fraction of sp³-hybridized carbons (Fsp3) is 0.481. The van der Waals surface area contributed by atoms with Crippen LogP contribution in [-0.2, 0) is 20.7 Å². The second-order valence-electron chi connectivity index (χ2n) is 8.81. The molecule has 0 saturated heterocycles. The molecule has 1 aromatic rings. The molecule has 1 aliphatic rings. The van der Waals surface area contributed by atoms with Crippen molar-refractivity contribution in [2.45, 2.75) is 59.0 Å². The third-order valence-corrected chi connectivity index (χ3v) is 4.41. The van der Waals surface area contributed by atoms with Gasteiger partial charge in [0.1, 0.15) is 12.2 Å². The minimum atomic E-state index is -0.509. The maximum absolute atomic E-state index is 12.1. The van der Waals surface area contributed by atoms with Crippen molar-refractivity contribution >= 4 is 12.1 Å². The van der Waals surface area contributed by atoms with E-state index >= 15 is 0 Å². The highest BCUT2D eigenvalue weighted by Crippen LogP contribution is 2.29. The normalized spacial score (nSPS) is 17.1. The topological polar surface area (TPSA) is 76.7 Å². The molecular formula is C27H40N2O4. The van der Waals surface area contributed by atoms with Crippen LogP contribution in [0.5, 0.6) is 0 Å². The average Bonchev–Trinajstić information content (AvgIpc) is 2.80. The molecule has 0 bridgehead atoms. The van der Waals surface area contributed by atoms with E-state index in [4.69, 9.17) is 9.47 Å². The van der Waals surface area contributed by atoms with E-state index in [1.165, 1.54) is 12.0 Å². The van der Waals surface area contributed by atoms with Gasteiger partial charge in [-0.1, -0.05) is 75.4 Å². The number of alkyl carbamates (subject to hydrolysis) is 1. The molecule has 1 aliphatic carbocycles. The van der Waals surface area contributed by atoms with Crippen molar-refractivity contribution in [1.29, 1.82) is 0 Å². The van der Waals surface area contributed by atoms with Gasteiger partial charge >= 0.3 is 12.1 Å². The number of amides is 1. The Labute approximate surface area is 199 Å². The van der Waals surface area contributed by atoms with Crippen LogP contribution < -0.4 is 10.6 Å². The van der Waals surface area contributed by atoms with Crippen LogP contribution in [0.4, 0.5) is 4.79 Å². The van der Waals surface area contributed by atoms with Crippen molar-refractivity contribution < 1.29 is 19.1 Å². The van der Waals surface area contributed by atoms with Gasteiger partial charge in [-0.2, -0.15) is 0 Å². The maximum Gasteiger partial charge on any atom is 0.407 e. The Hall–Kier alpha value is -2.86. The molecule has 0 fully saturated rings. The quantitative estimate of drug-likeness (QED) is 0.443. The third-order valence-electron chi connectivity index (χ3n) is 4.41. The highest BCUT2D eigenvalue weighted by atomic mass is 16.6. The highest BCUT2D eigenvalue weighted by molar-refractivity contribution is 5.72. The summed E-state index contributed by atoms with van der Waals surface area (Å²) >= 11 is 0. The van der Waals surface area contributed by atoms with Gasteiger partial charge in [0.25, 0.3) is 0 Å². The van der Waals surface area contributed by atoms with E-state index in [0.29, 0.717) is 13.1 Å². The largest absolute Gasteiger partial charge is 0.459 e. The number of fused-ring (bicyclic) bond motifs is 1. The van der Waals surface area contributed by atoms with Crippen LogP contribution in [0.25, 0.3) is 0 Å². The molecule has 0 aliphatic heterocycles. The second-order valence-corrected chi connectivity index (χ2v) is 8.81. The molecule has 0 heterocycles. The minimum absolute atomic E-state index is 0.0903. The van der Waals surface area contributed by atoms with Gasteiger partial charge in [0.2, 0.25) is 0 Å². The molecule has 1 amide bonds. The van der Waals surface area contributed by atoms with Gasteiger partial charge in [0.15, 0.2) is 0 Å². The standard InChI is InChI=1S/C24H32N2O4.C3H8/c1-18-10-6-5-7-11-19-12-8-9-13-20(19)21(18)17-29-23(28)26-15-14-25-16-22(27)30-24(2,3)4;1-3-2/h5-10,12-13,21,25H,1,11,14-17H2,2-4H3,(H,26,28);3H2,1-2H3/b7-5-,10-6-;. The van der Waals surface area contributed by atoms with Crippen LogP contribution >= 0.6 is 0 Å². The van der Waals surface area contributed by atoms with Gasteiger partial charge < -0.3 is 20.1 Å². The summed E-state index contributed by atoms with van der Waals surface area (Å²) in [6.07, 6.45) is 9.58. The van der Waals surface area contributed by atoms with E-state index in [-0.39, 0.29) is 25.0 Å². The summed E-state index contributed by atoms with van der Waals surface area (Å²) in [6, 6.07) is 8.14. The number of carbonyl (C=O) groups is 2. The van der Waals surface area contributed by atoms with Crippen molar-refractivity contribution in [3.8, 4) is 0 Å². The van der Waals surface area contributed by atoms with E-state index in [0.717, 1.165) is 17.6 Å². The van der Waals surface area contributed by atoms with E-state index in [1.54, 1.807) is 0 Å². The lowest BCUT2D eigenvalue weighted by Gasteiger charge is -2.21. The number of carbonyl (C=O) groups excluding carboxylic acids is 2. The summed E-state index contributed by atoms with van der Waals surface area (Å²) < 4.78 is 10.7. The first kappa shape index (κ1) is 28.2. The Morgan fingerprint density at radius 1 is 1.12 bits per heavy atom. The molecule has 0 aromatic heterocycles. The van der Waals surface area contributed by atoms with Crippen molar-refractivity contribution in [1.82, 2.24) is 10.6 Å². The van der Waals surface area contributed by atoms with E-state index in [9.17, 15) is 9.59 Å². The lowest BCUT2D eigenvalue weighted by Crippen LogP contribution is -2.36. The lowest BCUT2D eigenvalue weighted by molar-refractivity contribution is -0.153. The van der Waals surface area contributed by atoms with E-state index in [1.807, 2.05) is 51.1 Å². The number of allylic oxidation sites excluding steroid dienone is 4. The Bertz CT molecular complexity index is 822. The number of esters is 1. The van der Waals surface area contributed by atoms with Crippen molar-refractivity contribution in [3.63, 3.8) is 0 Å². The summed E-state index contributed by atoms with van der Waals surface area (Å²) in [5.41, 5.74) is 2.69. The molecule has 33 heavy (non-hydrogen) atoms. The van der Waals surface area contributed by atoms with Crippen LogP contribution in [-0.4, -0.2) is 43.9 Å². The molecule has 1 unspecified atom stereocenters. The number of rotatable bonds is 7. The third kappa shape index (κ3) is 12.1. The smallest absolute Gasteiger partial charge is 0.407 e. The Morgan fingerprint density at radius 3 is 2.52 bits per heavy atom. The summed E-state index contributed by atoms with van der Waals surface area (Å²) in [4.78, 5) is 23.7. The predicted molar refractivity (Wildman–Crippen MR) is 134 cm³/mol. The molecule has 6 nitrogen and oxygen atoms in total. The molecule has 2 N–H and O–H groups in total. The van der Waals surface area contributed by atoms with Crippen molar-refractivity contribution in [2.24, 2.45) is 0 Å². The number of hydrogen-bond donors (Lipinski definition) is 2. The van der Waals surface area contributed by atoms with E-state index in [2.05, 4.69) is 49.3 Å². The van der Waals surface area contributed by atoms with Gasteiger partial charge in [0, 0.05) is 19.0 Å². The molecule has 1 aromatic carbocycles. The first-order chi connectivity index (χ1) is 15.7. The Balaban J connectivity index is 0.00000172. The molecule has 1 atom stereocenters. The van der Waals surface area contributed by atoms with Gasteiger partial charge in [0.05, 0.1) is 6.54 Å². The molecule has 6 heteroatoms. The average molecular weight is 457 g/mol. The number of nitrogens with one attached hydrogen (secondary N) is 2. The van der Waals surface area contributed by atoms with Crippen LogP contribution in [0.15, 0.2) is 60.7 Å². The second kappa shape index (κ2) is 15.1. The van der Waals surface area contributed by atoms with Crippen LogP contribution in [0.3, 0.4) is 0 Å². The molecule has 0 spiro atoms. The summed E-state index contributed by atoms with van der Waals surface area (Å²) in [5.74, 6) is -0.432. The number of benzene rings is 1. The number of hydrogen-bond acceptors (Lipinski definition) is 5. The summed E-state index contributed by atoms with van der Waals surface area (Å²) in [7, 11) is 0. The SMILES string of the molecule is C=C1/C=C\C=C/Cc2ccccc2C1COC(=O)NCCNCC(=O)OC(C)(C)C.CCC. The zero-order chi connectivity index (χ0) is 24.7. The zero-order valence-corrected chi connectivity index (χ0v) is 20.8. The van der Waals surface area contributed by atoms with Crippen LogP contribution in [0, 0.1) is 0 Å². The summed E-state index contributed by atoms with van der Waals surface area (Å²) in [5, 5.41) is 5.62. The van der Waals surface area contributed by atoms with Crippen molar-refractivity contribution in [2.75, 3.05) is 26.2 Å². The van der Waals surface area contributed by atoms with E-state index < -0.39 is 11.7 Å². The number of ether oxygens (including phenoxy) is 2. The summed E-state index contributed by atoms with van der Waals surface area (Å²) in [6.45, 7) is 14.9. The minimum Gasteiger partial charge on any atom is -0.459 e. The molecule has 182 valence electrons. The van der Waals surface area contributed by atoms with Gasteiger partial charge in [-0.05, 0) is 43.9 Å². The zero-order valence-electron chi connectivity index (χ0n) is 20.8. The maximum atomic E-state index is 12.1. The monoisotopic (exact) mass is 456 g/mol. The van der Waals surface area contributed by atoms with Gasteiger partial charge in [-0.3, -0.25) is 4.79 Å². The van der Waals surface area contributed by atoms with Crippen molar-refractivity contribution in [3.05, 3.63) is 71.8 Å².